The van der Waals surface area contributed by atoms with Gasteiger partial charge in [0.15, 0.2) is 0 Å². The molecule has 3 nitrogen and oxygen atoms in total. The smallest absolute Gasteiger partial charge is 0.225 e. The van der Waals surface area contributed by atoms with Crippen LogP contribution in [-0.2, 0) is 4.79 Å². The number of rotatable bonds is 5. The van der Waals surface area contributed by atoms with Crippen molar-refractivity contribution in [3.63, 3.8) is 0 Å². The van der Waals surface area contributed by atoms with E-state index < -0.39 is 0 Å². The first kappa shape index (κ1) is 14.5. The van der Waals surface area contributed by atoms with Crippen LogP contribution in [0.15, 0.2) is 0 Å². The summed E-state index contributed by atoms with van der Waals surface area (Å²) < 4.78 is 0. The molecule has 1 aliphatic rings. The van der Waals surface area contributed by atoms with E-state index in [1.165, 1.54) is 12.8 Å². The summed E-state index contributed by atoms with van der Waals surface area (Å²) in [6.07, 6.45) is 6.68. The van der Waals surface area contributed by atoms with E-state index in [0.29, 0.717) is 17.9 Å². The minimum atomic E-state index is 0.249. The average molecular weight is 240 g/mol. The van der Waals surface area contributed by atoms with Crippen LogP contribution < -0.4 is 5.73 Å². The second kappa shape index (κ2) is 7.00. The van der Waals surface area contributed by atoms with Gasteiger partial charge < -0.3 is 10.6 Å². The Morgan fingerprint density at radius 2 is 2.18 bits per heavy atom. The largest absolute Gasteiger partial charge is 0.343 e. The van der Waals surface area contributed by atoms with Crippen LogP contribution in [0.5, 0.6) is 0 Å². The molecular formula is C14H28N2O. The third kappa shape index (κ3) is 3.98. The summed E-state index contributed by atoms with van der Waals surface area (Å²) in [6, 6.07) is 0.359. The van der Waals surface area contributed by atoms with Gasteiger partial charge in [-0.1, -0.05) is 19.8 Å². The monoisotopic (exact) mass is 240 g/mol. The molecule has 0 spiro atoms. The number of hydrogen-bond donors (Lipinski definition) is 1. The van der Waals surface area contributed by atoms with Crippen LogP contribution in [0.3, 0.4) is 0 Å². The first-order valence-corrected chi connectivity index (χ1v) is 7.06. The Bertz CT molecular complexity index is 240. The van der Waals surface area contributed by atoms with Crippen molar-refractivity contribution in [3.8, 4) is 0 Å². The highest BCUT2D eigenvalue weighted by Gasteiger charge is 2.29. The number of nitrogens with two attached hydrogens (primary N) is 1. The van der Waals surface area contributed by atoms with Crippen LogP contribution >= 0.6 is 0 Å². The number of amides is 1. The normalized spacial score (nSPS) is 26.6. The lowest BCUT2D eigenvalue weighted by Crippen LogP contribution is -2.40. The molecule has 1 aliphatic carbocycles. The molecule has 1 rings (SSSR count). The quantitative estimate of drug-likeness (QED) is 0.802. The van der Waals surface area contributed by atoms with E-state index in [2.05, 4.69) is 13.8 Å². The molecule has 0 radical (unpaired) electrons. The molecule has 2 N–H and O–H groups in total. The lowest BCUT2D eigenvalue weighted by molar-refractivity contribution is -0.137. The van der Waals surface area contributed by atoms with Gasteiger partial charge in [-0.2, -0.15) is 0 Å². The van der Waals surface area contributed by atoms with Crippen LogP contribution in [0.2, 0.25) is 0 Å². The van der Waals surface area contributed by atoms with E-state index in [9.17, 15) is 4.79 Å². The van der Waals surface area contributed by atoms with Gasteiger partial charge in [-0.3, -0.25) is 4.79 Å². The third-order valence-electron chi connectivity index (χ3n) is 4.31. The summed E-state index contributed by atoms with van der Waals surface area (Å²) >= 11 is 0. The standard InChI is InChI=1S/C14H28N2O/c1-4-11(2)16(3)14(17)13-7-5-6-12(10-13)8-9-15/h11-13H,4-10,15H2,1-3H3. The Hall–Kier alpha value is -0.570. The maximum absolute atomic E-state index is 12.3. The molecular weight excluding hydrogens is 212 g/mol. The molecule has 3 unspecified atom stereocenters. The summed E-state index contributed by atoms with van der Waals surface area (Å²) in [4.78, 5) is 14.3. The Kier molecular flexibility index (Phi) is 5.96. The molecule has 0 aromatic carbocycles. The molecule has 100 valence electrons. The van der Waals surface area contributed by atoms with Gasteiger partial charge >= 0.3 is 0 Å². The maximum Gasteiger partial charge on any atom is 0.225 e. The van der Waals surface area contributed by atoms with E-state index in [1.807, 2.05) is 11.9 Å². The third-order valence-corrected chi connectivity index (χ3v) is 4.31. The molecule has 3 heteroatoms. The number of carbonyl (C=O) groups excluding carboxylic acids is 1. The summed E-state index contributed by atoms with van der Waals surface area (Å²) in [5.74, 6) is 1.27. The SMILES string of the molecule is CCC(C)N(C)C(=O)C1CCCC(CCN)C1. The lowest BCUT2D eigenvalue weighted by atomic mass is 9.79. The van der Waals surface area contributed by atoms with Crippen molar-refractivity contribution < 1.29 is 4.79 Å². The summed E-state index contributed by atoms with van der Waals surface area (Å²) in [5, 5.41) is 0. The van der Waals surface area contributed by atoms with E-state index in [1.54, 1.807) is 0 Å². The first-order chi connectivity index (χ1) is 8.10. The molecule has 17 heavy (non-hydrogen) atoms. The first-order valence-electron chi connectivity index (χ1n) is 7.06. The van der Waals surface area contributed by atoms with Gasteiger partial charge in [-0.25, -0.2) is 0 Å². The zero-order valence-electron chi connectivity index (χ0n) is 11.6. The minimum Gasteiger partial charge on any atom is -0.343 e. The second-order valence-electron chi connectivity index (χ2n) is 5.51. The van der Waals surface area contributed by atoms with E-state index in [0.717, 1.165) is 32.2 Å². The molecule has 0 heterocycles. The van der Waals surface area contributed by atoms with Gasteiger partial charge in [0.1, 0.15) is 0 Å². The van der Waals surface area contributed by atoms with Gasteiger partial charge in [-0.15, -0.1) is 0 Å². The molecule has 0 aromatic heterocycles. The van der Waals surface area contributed by atoms with Crippen molar-refractivity contribution in [3.05, 3.63) is 0 Å². The van der Waals surface area contributed by atoms with Crippen molar-refractivity contribution in [1.82, 2.24) is 4.90 Å². The molecule has 1 fully saturated rings. The molecule has 0 saturated heterocycles. The summed E-state index contributed by atoms with van der Waals surface area (Å²) in [6.45, 7) is 5.01. The number of nitrogens with zero attached hydrogens (tertiary/aromatic N) is 1. The fourth-order valence-corrected chi connectivity index (χ4v) is 2.79. The van der Waals surface area contributed by atoms with E-state index >= 15 is 0 Å². The van der Waals surface area contributed by atoms with Crippen molar-refractivity contribution in [1.29, 1.82) is 0 Å². The van der Waals surface area contributed by atoms with Crippen LogP contribution in [0.1, 0.15) is 52.4 Å². The Labute approximate surface area is 106 Å². The molecule has 1 saturated carbocycles. The second-order valence-corrected chi connectivity index (χ2v) is 5.51. The van der Waals surface area contributed by atoms with Gasteiger partial charge in [0.2, 0.25) is 5.91 Å². The van der Waals surface area contributed by atoms with Crippen molar-refractivity contribution in [2.75, 3.05) is 13.6 Å². The Morgan fingerprint density at radius 3 is 2.76 bits per heavy atom. The highest BCUT2D eigenvalue weighted by Crippen LogP contribution is 2.32. The van der Waals surface area contributed by atoms with Gasteiger partial charge in [-0.05, 0) is 45.1 Å². The maximum atomic E-state index is 12.3. The molecule has 0 bridgehead atoms. The lowest BCUT2D eigenvalue weighted by Gasteiger charge is -2.33. The predicted molar refractivity (Wildman–Crippen MR) is 71.6 cm³/mol. The summed E-state index contributed by atoms with van der Waals surface area (Å²) in [5.41, 5.74) is 5.62. The number of hydrogen-bond acceptors (Lipinski definition) is 2. The molecule has 3 atom stereocenters. The van der Waals surface area contributed by atoms with Crippen LogP contribution in [0.25, 0.3) is 0 Å². The van der Waals surface area contributed by atoms with Crippen molar-refractivity contribution in [2.45, 2.75) is 58.4 Å². The number of carbonyl (C=O) groups is 1. The predicted octanol–water partition coefficient (Wildman–Crippen LogP) is 2.40. The fraction of sp³-hybridized carbons (Fsp3) is 0.929. The van der Waals surface area contributed by atoms with Gasteiger partial charge in [0.25, 0.3) is 0 Å². The van der Waals surface area contributed by atoms with Gasteiger partial charge in [0.05, 0.1) is 0 Å². The highest BCUT2D eigenvalue weighted by atomic mass is 16.2. The van der Waals surface area contributed by atoms with Crippen LogP contribution in [0.4, 0.5) is 0 Å². The van der Waals surface area contributed by atoms with Crippen molar-refractivity contribution in [2.24, 2.45) is 17.6 Å². The molecule has 0 aromatic rings. The van der Waals surface area contributed by atoms with Crippen molar-refractivity contribution >= 4 is 5.91 Å². The molecule has 1 amide bonds. The summed E-state index contributed by atoms with van der Waals surface area (Å²) in [7, 11) is 1.95. The Morgan fingerprint density at radius 1 is 1.47 bits per heavy atom. The van der Waals surface area contributed by atoms with Gasteiger partial charge in [0, 0.05) is 19.0 Å². The highest BCUT2D eigenvalue weighted by molar-refractivity contribution is 5.79. The van der Waals surface area contributed by atoms with Crippen LogP contribution in [0, 0.1) is 11.8 Å². The molecule has 0 aliphatic heterocycles. The van der Waals surface area contributed by atoms with Crippen LogP contribution in [-0.4, -0.2) is 30.4 Å². The Balaban J connectivity index is 2.51. The van der Waals surface area contributed by atoms with E-state index in [-0.39, 0.29) is 5.92 Å². The van der Waals surface area contributed by atoms with E-state index in [4.69, 9.17) is 5.73 Å². The zero-order chi connectivity index (χ0) is 12.8. The topological polar surface area (TPSA) is 46.3 Å². The average Bonchev–Trinajstić information content (AvgIpc) is 2.36. The zero-order valence-corrected chi connectivity index (χ0v) is 11.6. The fourth-order valence-electron chi connectivity index (χ4n) is 2.79. The minimum absolute atomic E-state index is 0.249.